The molecule has 1 amide bonds. The number of aromatic nitrogens is 1. The van der Waals surface area contributed by atoms with Gasteiger partial charge in [0.1, 0.15) is 11.8 Å². The van der Waals surface area contributed by atoms with Gasteiger partial charge in [0.25, 0.3) is 5.91 Å². The van der Waals surface area contributed by atoms with Crippen LogP contribution in [0.1, 0.15) is 15.9 Å². The van der Waals surface area contributed by atoms with Crippen LogP contribution in [-0.2, 0) is 11.2 Å². The number of carbonyl (C=O) groups is 2. The number of carboxylic acid groups (broad SMARTS) is 1. The first-order valence-electron chi connectivity index (χ1n) is 8.19. The lowest BCUT2D eigenvalue weighted by Crippen LogP contribution is -2.42. The quantitative estimate of drug-likeness (QED) is 0.680. The summed E-state index contributed by atoms with van der Waals surface area (Å²) in [6.07, 6.45) is 1.68. The summed E-state index contributed by atoms with van der Waals surface area (Å²) in [5, 5.41) is 13.3. The van der Waals surface area contributed by atoms with Crippen molar-refractivity contribution in [2.75, 3.05) is 7.11 Å². The molecular formula is C20H17ClN2O4. The third kappa shape index (κ3) is 4.17. The summed E-state index contributed by atoms with van der Waals surface area (Å²) in [5.41, 5.74) is 1.52. The number of carboxylic acids is 1. The number of aliphatic carboxylic acids is 1. The van der Waals surface area contributed by atoms with Crippen molar-refractivity contribution in [2.45, 2.75) is 12.5 Å². The first-order valence-corrected chi connectivity index (χ1v) is 8.57. The molecule has 0 saturated heterocycles. The summed E-state index contributed by atoms with van der Waals surface area (Å²) in [6, 6.07) is 12.7. The standard InChI is InChI=1S/C20H17ClN2O4/c1-27-17-8-7-12(10-15(17)21)11-16(20(25)26)23-19(24)14-6-2-4-13-5-3-9-22-18(13)14/h2-10,16H,11H2,1H3,(H,23,24)(H,25,26)/t16-/m0/s1. The average molecular weight is 385 g/mol. The largest absolute Gasteiger partial charge is 0.495 e. The number of nitrogens with zero attached hydrogens (tertiary/aromatic N) is 1. The van der Waals surface area contributed by atoms with Crippen molar-refractivity contribution in [1.82, 2.24) is 10.3 Å². The number of fused-ring (bicyclic) bond motifs is 1. The van der Waals surface area contributed by atoms with E-state index in [1.165, 1.54) is 7.11 Å². The van der Waals surface area contributed by atoms with Crippen LogP contribution in [0.25, 0.3) is 10.9 Å². The number of methoxy groups -OCH3 is 1. The Morgan fingerprint density at radius 3 is 2.70 bits per heavy atom. The van der Waals surface area contributed by atoms with Crippen molar-refractivity contribution >= 4 is 34.4 Å². The Balaban J connectivity index is 1.83. The smallest absolute Gasteiger partial charge is 0.326 e. The highest BCUT2D eigenvalue weighted by molar-refractivity contribution is 6.32. The molecule has 0 aliphatic rings. The Bertz CT molecular complexity index is 1000. The molecule has 1 aromatic heterocycles. The van der Waals surface area contributed by atoms with Gasteiger partial charge in [-0.3, -0.25) is 9.78 Å². The SMILES string of the molecule is COc1ccc(C[C@H](NC(=O)c2cccc3cccnc23)C(=O)O)cc1Cl. The van der Waals surface area contributed by atoms with Crippen LogP contribution in [0.15, 0.2) is 54.7 Å². The lowest BCUT2D eigenvalue weighted by molar-refractivity contribution is -0.139. The minimum atomic E-state index is -1.14. The predicted molar refractivity (Wildman–Crippen MR) is 102 cm³/mol. The van der Waals surface area contributed by atoms with Gasteiger partial charge in [-0.05, 0) is 29.8 Å². The van der Waals surface area contributed by atoms with Crippen LogP contribution in [0.4, 0.5) is 0 Å². The van der Waals surface area contributed by atoms with Gasteiger partial charge in [0.15, 0.2) is 0 Å². The molecule has 3 rings (SSSR count). The van der Waals surface area contributed by atoms with E-state index in [4.69, 9.17) is 16.3 Å². The lowest BCUT2D eigenvalue weighted by Gasteiger charge is -2.16. The van der Waals surface area contributed by atoms with E-state index in [1.807, 2.05) is 12.1 Å². The van der Waals surface area contributed by atoms with Gasteiger partial charge >= 0.3 is 5.97 Å². The van der Waals surface area contributed by atoms with Gasteiger partial charge in [0.2, 0.25) is 0 Å². The molecule has 7 heteroatoms. The fourth-order valence-electron chi connectivity index (χ4n) is 2.80. The summed E-state index contributed by atoms with van der Waals surface area (Å²) in [4.78, 5) is 28.6. The Kier molecular flexibility index (Phi) is 5.57. The van der Waals surface area contributed by atoms with Gasteiger partial charge < -0.3 is 15.2 Å². The van der Waals surface area contributed by atoms with Crippen molar-refractivity contribution in [3.05, 3.63) is 70.9 Å². The number of rotatable bonds is 6. The Morgan fingerprint density at radius 1 is 1.22 bits per heavy atom. The number of carbonyl (C=O) groups excluding carboxylic acids is 1. The molecule has 0 aliphatic carbocycles. The number of hydrogen-bond acceptors (Lipinski definition) is 4. The molecule has 1 atom stereocenters. The number of hydrogen-bond donors (Lipinski definition) is 2. The van der Waals surface area contributed by atoms with Gasteiger partial charge in [-0.15, -0.1) is 0 Å². The maximum Gasteiger partial charge on any atom is 0.326 e. The molecule has 138 valence electrons. The fourth-order valence-corrected chi connectivity index (χ4v) is 3.08. The first-order chi connectivity index (χ1) is 13.0. The van der Waals surface area contributed by atoms with Gasteiger partial charge in [-0.2, -0.15) is 0 Å². The second-order valence-electron chi connectivity index (χ2n) is 5.92. The molecule has 0 radical (unpaired) electrons. The maximum absolute atomic E-state index is 12.7. The summed E-state index contributed by atoms with van der Waals surface area (Å²) in [6.45, 7) is 0. The van der Waals surface area contributed by atoms with Crippen LogP contribution >= 0.6 is 11.6 Å². The monoisotopic (exact) mass is 384 g/mol. The van der Waals surface area contributed by atoms with E-state index in [9.17, 15) is 14.7 Å². The molecule has 0 aliphatic heterocycles. The van der Waals surface area contributed by atoms with Crippen molar-refractivity contribution in [1.29, 1.82) is 0 Å². The Morgan fingerprint density at radius 2 is 2.00 bits per heavy atom. The number of amides is 1. The highest BCUT2D eigenvalue weighted by Crippen LogP contribution is 2.25. The molecule has 0 spiro atoms. The topological polar surface area (TPSA) is 88.5 Å². The molecule has 0 bridgehead atoms. The van der Waals surface area contributed by atoms with E-state index in [1.54, 1.807) is 42.6 Å². The van der Waals surface area contributed by atoms with E-state index in [2.05, 4.69) is 10.3 Å². The molecule has 0 saturated carbocycles. The van der Waals surface area contributed by atoms with Crippen LogP contribution in [-0.4, -0.2) is 35.1 Å². The van der Waals surface area contributed by atoms with Crippen molar-refractivity contribution in [2.24, 2.45) is 0 Å². The summed E-state index contributed by atoms with van der Waals surface area (Å²) in [5.74, 6) is -1.13. The van der Waals surface area contributed by atoms with Crippen LogP contribution in [0.5, 0.6) is 5.75 Å². The predicted octanol–water partition coefficient (Wildman–Crippen LogP) is 3.32. The van der Waals surface area contributed by atoms with E-state index >= 15 is 0 Å². The Hall–Kier alpha value is -3.12. The molecule has 27 heavy (non-hydrogen) atoms. The van der Waals surface area contributed by atoms with Crippen LogP contribution in [0.3, 0.4) is 0 Å². The number of benzene rings is 2. The highest BCUT2D eigenvalue weighted by atomic mass is 35.5. The van der Waals surface area contributed by atoms with E-state index in [-0.39, 0.29) is 6.42 Å². The summed E-state index contributed by atoms with van der Waals surface area (Å²) in [7, 11) is 1.50. The minimum absolute atomic E-state index is 0.0863. The summed E-state index contributed by atoms with van der Waals surface area (Å²) >= 11 is 6.09. The molecule has 6 nitrogen and oxygen atoms in total. The van der Waals surface area contributed by atoms with E-state index < -0.39 is 17.9 Å². The van der Waals surface area contributed by atoms with Gasteiger partial charge in [0.05, 0.1) is 23.2 Å². The van der Waals surface area contributed by atoms with Gasteiger partial charge in [-0.1, -0.05) is 35.9 Å². The minimum Gasteiger partial charge on any atom is -0.495 e. The van der Waals surface area contributed by atoms with Gasteiger partial charge in [-0.25, -0.2) is 4.79 Å². The average Bonchev–Trinajstić information content (AvgIpc) is 2.67. The molecule has 1 heterocycles. The Labute approximate surface area is 160 Å². The summed E-state index contributed by atoms with van der Waals surface area (Å²) < 4.78 is 5.09. The lowest BCUT2D eigenvalue weighted by atomic mass is 10.0. The zero-order valence-electron chi connectivity index (χ0n) is 14.5. The second kappa shape index (κ2) is 8.05. The number of nitrogens with one attached hydrogen (secondary N) is 1. The van der Waals surface area contributed by atoms with Crippen molar-refractivity contribution in [3.63, 3.8) is 0 Å². The molecule has 0 unspecified atom stereocenters. The molecule has 2 N–H and O–H groups in total. The zero-order valence-corrected chi connectivity index (χ0v) is 15.2. The zero-order chi connectivity index (χ0) is 19.4. The number of ether oxygens (including phenoxy) is 1. The van der Waals surface area contributed by atoms with E-state index in [0.29, 0.717) is 27.4 Å². The first kappa shape index (κ1) is 18.7. The normalized spacial score (nSPS) is 11.8. The number of halogens is 1. The number of pyridine rings is 1. The molecule has 3 aromatic rings. The second-order valence-corrected chi connectivity index (χ2v) is 6.33. The maximum atomic E-state index is 12.7. The van der Waals surface area contributed by atoms with Crippen LogP contribution in [0.2, 0.25) is 5.02 Å². The third-order valence-electron chi connectivity index (χ3n) is 4.14. The fraction of sp³-hybridized carbons (Fsp3) is 0.150. The highest BCUT2D eigenvalue weighted by Gasteiger charge is 2.22. The van der Waals surface area contributed by atoms with Crippen molar-refractivity contribution < 1.29 is 19.4 Å². The van der Waals surface area contributed by atoms with Crippen molar-refractivity contribution in [3.8, 4) is 5.75 Å². The van der Waals surface area contributed by atoms with Crippen LogP contribution in [0, 0.1) is 0 Å². The van der Waals surface area contributed by atoms with Crippen LogP contribution < -0.4 is 10.1 Å². The molecule has 0 fully saturated rings. The van der Waals surface area contributed by atoms with Gasteiger partial charge in [0, 0.05) is 18.0 Å². The molecular weight excluding hydrogens is 368 g/mol. The molecule has 2 aromatic carbocycles. The third-order valence-corrected chi connectivity index (χ3v) is 4.43. The number of para-hydroxylation sites is 1. The van der Waals surface area contributed by atoms with E-state index in [0.717, 1.165) is 5.39 Å².